The van der Waals surface area contributed by atoms with E-state index in [0.717, 1.165) is 12.8 Å². The molecule has 0 saturated heterocycles. The van der Waals surface area contributed by atoms with E-state index in [2.05, 4.69) is 12.8 Å². The van der Waals surface area contributed by atoms with Gasteiger partial charge in [0.2, 0.25) is 0 Å². The van der Waals surface area contributed by atoms with E-state index in [4.69, 9.17) is 5.73 Å². The predicted octanol–water partition coefficient (Wildman–Crippen LogP) is 9.40. The fraction of sp³-hybridized carbons (Fsp3) is 0.926. The third-order valence-electron chi connectivity index (χ3n) is 5.98. The van der Waals surface area contributed by atoms with E-state index in [1.54, 1.807) is 0 Å². The summed E-state index contributed by atoms with van der Waals surface area (Å²) in [6.45, 7) is 2.30. The van der Waals surface area contributed by atoms with Crippen LogP contribution in [0.4, 0.5) is 0 Å². The molecule has 164 valence electrons. The van der Waals surface area contributed by atoms with Crippen molar-refractivity contribution in [3.05, 3.63) is 0 Å². The average molecular weight is 390 g/mol. The first-order valence-corrected chi connectivity index (χ1v) is 13.0. The Kier molecular flexibility index (Phi) is 25.8. The van der Waals surface area contributed by atoms with Crippen molar-refractivity contribution in [3.63, 3.8) is 0 Å². The first-order chi connectivity index (χ1) is 13.9. The Bertz CT molecular complexity index is 325. The van der Waals surface area contributed by atoms with Crippen molar-refractivity contribution in [1.82, 2.24) is 5.73 Å². The van der Waals surface area contributed by atoms with Gasteiger partial charge in [-0.3, -0.25) is 0 Å². The van der Waals surface area contributed by atoms with Crippen LogP contribution in [0, 0.1) is 12.0 Å². The molecule has 2 radical (unpaired) electrons. The molecule has 0 aliphatic rings. The molecule has 0 aromatic carbocycles. The quantitative estimate of drug-likeness (QED) is 0.123. The molecule has 0 N–H and O–H groups in total. The summed E-state index contributed by atoms with van der Waals surface area (Å²) in [6, 6.07) is 1.98. The van der Waals surface area contributed by atoms with Crippen LogP contribution in [-0.4, -0.2) is 0 Å². The molecule has 0 heterocycles. The Morgan fingerprint density at radius 1 is 0.393 bits per heavy atom. The Morgan fingerprint density at radius 3 is 0.893 bits per heavy atom. The Hall–Kier alpha value is -0.640. The molecule has 0 spiro atoms. The van der Waals surface area contributed by atoms with E-state index >= 15 is 0 Å². The van der Waals surface area contributed by atoms with Crippen molar-refractivity contribution in [2.24, 2.45) is 0 Å². The maximum atomic E-state index is 8.38. The van der Waals surface area contributed by atoms with Gasteiger partial charge in [-0.25, -0.2) is 0 Å². The lowest BCUT2D eigenvalue weighted by molar-refractivity contribution is 0.518. The Labute approximate surface area is 179 Å². The van der Waals surface area contributed by atoms with Gasteiger partial charge in [0, 0.05) is 6.42 Å². The molecule has 0 aromatic rings. The minimum Gasteiger partial charge on any atom is -0.0878 e. The first kappa shape index (κ1) is 27.4. The second-order valence-electron chi connectivity index (χ2n) is 8.82. The zero-order valence-electron chi connectivity index (χ0n) is 19.4. The number of hydrogen-bond acceptors (Lipinski definition) is 0. The molecule has 0 rings (SSSR count). The third kappa shape index (κ3) is 25.4. The van der Waals surface area contributed by atoms with E-state index in [9.17, 15) is 0 Å². The topological polar surface area (TPSA) is 22.3 Å². The molecule has 0 saturated carbocycles. The molecule has 0 atom stereocenters. The van der Waals surface area contributed by atoms with Gasteiger partial charge in [0.25, 0.3) is 0 Å². The standard InChI is InChI=1S/C27H51N/c1-2-3-4-5-6-7-8-9-10-11-12-13-14-15-16-17-18-19-20-21-22-23-24-25-26-27-28/h2-25H2,1H3. The van der Waals surface area contributed by atoms with Crippen molar-refractivity contribution < 1.29 is 0 Å². The van der Waals surface area contributed by atoms with E-state index in [1.807, 2.05) is 6.04 Å². The summed E-state index contributed by atoms with van der Waals surface area (Å²) < 4.78 is 0. The van der Waals surface area contributed by atoms with Gasteiger partial charge in [0.05, 0.1) is 6.04 Å². The zero-order chi connectivity index (χ0) is 20.4. The van der Waals surface area contributed by atoms with Crippen molar-refractivity contribution in [3.8, 4) is 12.0 Å². The van der Waals surface area contributed by atoms with Crippen molar-refractivity contribution in [2.45, 2.75) is 161 Å². The maximum absolute atomic E-state index is 8.38. The lowest BCUT2D eigenvalue weighted by Crippen LogP contribution is -1.84. The third-order valence-corrected chi connectivity index (χ3v) is 5.98. The van der Waals surface area contributed by atoms with Gasteiger partial charge >= 0.3 is 0 Å². The highest BCUT2D eigenvalue weighted by Gasteiger charge is 1.95. The maximum Gasteiger partial charge on any atom is 0.0584 e. The van der Waals surface area contributed by atoms with Gasteiger partial charge in [-0.15, -0.1) is 0 Å². The van der Waals surface area contributed by atoms with Crippen LogP contribution in [-0.2, 0) is 0 Å². The molecule has 0 amide bonds. The summed E-state index contributed by atoms with van der Waals surface area (Å²) in [5.74, 6) is 2.72. The van der Waals surface area contributed by atoms with Crippen LogP contribution in [0.3, 0.4) is 0 Å². The monoisotopic (exact) mass is 389 g/mol. The second-order valence-corrected chi connectivity index (χ2v) is 8.82. The molecule has 1 heteroatoms. The minimum absolute atomic E-state index is 0.857. The Balaban J connectivity index is 2.98. The minimum atomic E-state index is 0.857. The second kappa shape index (κ2) is 26.4. The molecular formula is C27H51N. The fourth-order valence-electron chi connectivity index (χ4n) is 4.05. The molecule has 0 bridgehead atoms. The van der Waals surface area contributed by atoms with Gasteiger partial charge in [0.15, 0.2) is 0 Å². The SMILES string of the molecule is CCCCCCCCCCCCCCCCCCCCCCCCCC#C[N]. The lowest BCUT2D eigenvalue weighted by atomic mass is 10.0. The number of nitrogens with zero attached hydrogens (tertiary/aromatic N) is 1. The summed E-state index contributed by atoms with van der Waals surface area (Å²) in [4.78, 5) is 0. The normalized spacial score (nSPS) is 10.8. The van der Waals surface area contributed by atoms with Crippen LogP contribution in [0.15, 0.2) is 0 Å². The van der Waals surface area contributed by atoms with E-state index < -0.39 is 0 Å². The highest BCUT2D eigenvalue weighted by molar-refractivity contribution is 4.92. The fourth-order valence-corrected chi connectivity index (χ4v) is 4.05. The van der Waals surface area contributed by atoms with Gasteiger partial charge in [0.1, 0.15) is 0 Å². The molecule has 28 heavy (non-hydrogen) atoms. The van der Waals surface area contributed by atoms with Crippen LogP contribution in [0.25, 0.3) is 0 Å². The van der Waals surface area contributed by atoms with Gasteiger partial charge in [-0.1, -0.05) is 160 Å². The molecular weight excluding hydrogens is 338 g/mol. The number of hydrogen-bond donors (Lipinski definition) is 0. The van der Waals surface area contributed by atoms with Crippen LogP contribution in [0.5, 0.6) is 0 Å². The summed E-state index contributed by atoms with van der Waals surface area (Å²) in [5, 5.41) is 0. The zero-order valence-corrected chi connectivity index (χ0v) is 19.4. The molecule has 1 nitrogen and oxygen atoms in total. The summed E-state index contributed by atoms with van der Waals surface area (Å²) in [5.41, 5.74) is 8.38. The van der Waals surface area contributed by atoms with Crippen molar-refractivity contribution >= 4 is 0 Å². The number of unbranched alkanes of at least 4 members (excludes halogenated alkanes) is 23. The highest BCUT2D eigenvalue weighted by atomic mass is 14.4. The van der Waals surface area contributed by atoms with Crippen LogP contribution >= 0.6 is 0 Å². The van der Waals surface area contributed by atoms with E-state index in [-0.39, 0.29) is 0 Å². The van der Waals surface area contributed by atoms with E-state index in [0.29, 0.717) is 0 Å². The largest absolute Gasteiger partial charge is 0.0878 e. The van der Waals surface area contributed by atoms with Gasteiger partial charge in [-0.05, 0) is 6.42 Å². The molecule has 0 aliphatic carbocycles. The summed E-state index contributed by atoms with van der Waals surface area (Å²) in [6.07, 6.45) is 33.6. The average Bonchev–Trinajstić information content (AvgIpc) is 2.71. The van der Waals surface area contributed by atoms with Crippen LogP contribution < -0.4 is 5.73 Å². The lowest BCUT2D eigenvalue weighted by Gasteiger charge is -2.04. The summed E-state index contributed by atoms with van der Waals surface area (Å²) >= 11 is 0. The summed E-state index contributed by atoms with van der Waals surface area (Å²) in [7, 11) is 0. The predicted molar refractivity (Wildman–Crippen MR) is 126 cm³/mol. The van der Waals surface area contributed by atoms with Crippen molar-refractivity contribution in [1.29, 1.82) is 0 Å². The number of rotatable bonds is 23. The van der Waals surface area contributed by atoms with Gasteiger partial charge < -0.3 is 0 Å². The first-order valence-electron chi connectivity index (χ1n) is 13.0. The molecule has 0 unspecified atom stereocenters. The molecule has 0 aromatic heterocycles. The van der Waals surface area contributed by atoms with Crippen LogP contribution in [0.1, 0.15) is 161 Å². The van der Waals surface area contributed by atoms with Gasteiger partial charge in [-0.2, -0.15) is 0 Å². The highest BCUT2D eigenvalue weighted by Crippen LogP contribution is 2.15. The molecule has 0 fully saturated rings. The van der Waals surface area contributed by atoms with E-state index in [1.165, 1.54) is 141 Å². The Morgan fingerprint density at radius 2 is 0.643 bits per heavy atom. The molecule has 0 aliphatic heterocycles. The smallest absolute Gasteiger partial charge is 0.0584 e. The van der Waals surface area contributed by atoms with Crippen LogP contribution in [0.2, 0.25) is 0 Å². The van der Waals surface area contributed by atoms with Crippen molar-refractivity contribution in [2.75, 3.05) is 0 Å².